The van der Waals surface area contributed by atoms with Crippen LogP contribution in [0.15, 0.2) is 110 Å². The molecule has 0 aliphatic rings. The number of carbonyl (C=O) groups is 2. The van der Waals surface area contributed by atoms with Crippen molar-refractivity contribution < 1.29 is 15.7 Å². The summed E-state index contributed by atoms with van der Waals surface area (Å²) in [6, 6.07) is 25.7. The van der Waals surface area contributed by atoms with Crippen molar-refractivity contribution in [3.8, 4) is 0 Å². The van der Waals surface area contributed by atoms with E-state index in [1.54, 1.807) is 24.3 Å². The third kappa shape index (κ3) is 6.26. The van der Waals surface area contributed by atoms with Crippen LogP contribution in [0, 0.1) is 0 Å². The Morgan fingerprint density at radius 2 is 0.939 bits per heavy atom. The van der Waals surface area contributed by atoms with Gasteiger partial charge in [-0.05, 0) is 0 Å². The third-order valence-electron chi connectivity index (χ3n) is 5.02. The molecule has 7 heteroatoms. The Morgan fingerprint density at radius 1 is 0.576 bits per heavy atom. The molecule has 0 amide bonds. The molecule has 4 aromatic rings. The molecule has 0 N–H and O–H groups in total. The van der Waals surface area contributed by atoms with Crippen LogP contribution in [0.2, 0.25) is 0 Å². The summed E-state index contributed by atoms with van der Waals surface area (Å²) >= 11 is -4.50. The molecule has 2 aromatic carbocycles. The third-order valence-corrected chi connectivity index (χ3v) is 13.6. The summed E-state index contributed by atoms with van der Waals surface area (Å²) < 4.78 is 13.2. The van der Waals surface area contributed by atoms with E-state index < -0.39 is 31.1 Å². The Hall–Kier alpha value is -3.52. The van der Waals surface area contributed by atoms with Crippen molar-refractivity contribution in [1.82, 2.24) is 9.97 Å². The predicted octanol–water partition coefficient (Wildman–Crippen LogP) is 4.50. The van der Waals surface area contributed by atoms with E-state index in [0.29, 0.717) is 20.0 Å². The number of pyridine rings is 2. The van der Waals surface area contributed by atoms with E-state index in [2.05, 4.69) is 9.97 Å². The van der Waals surface area contributed by atoms with Crippen molar-refractivity contribution in [3.05, 3.63) is 132 Å². The zero-order chi connectivity index (χ0) is 22.9. The average Bonchev–Trinajstić information content (AvgIpc) is 2.86. The summed E-state index contributed by atoms with van der Waals surface area (Å²) in [6.07, 6.45) is 6.13. The fourth-order valence-corrected chi connectivity index (χ4v) is 12.3. The number of nitrogens with zero attached hydrogens (tertiary/aromatic N) is 2. The molecule has 0 unspecified atom stereocenters. The van der Waals surface area contributed by atoms with Crippen LogP contribution in [0.25, 0.3) is 0 Å². The minimum atomic E-state index is -4.50. The molecule has 0 aliphatic carbocycles. The summed E-state index contributed by atoms with van der Waals surface area (Å²) in [5.74, 6) is -1.02. The van der Waals surface area contributed by atoms with Gasteiger partial charge in [0.1, 0.15) is 0 Å². The number of hydrogen-bond acceptors (Lipinski definition) is 6. The van der Waals surface area contributed by atoms with Crippen LogP contribution in [0.5, 0.6) is 0 Å². The zero-order valence-corrected chi connectivity index (χ0v) is 20.7. The number of carbonyl (C=O) groups excluding carboxylic acids is 2. The van der Waals surface area contributed by atoms with Gasteiger partial charge in [-0.2, -0.15) is 0 Å². The van der Waals surface area contributed by atoms with Crippen LogP contribution >= 0.6 is 0 Å². The Labute approximate surface area is 197 Å². The Balaban J connectivity index is 1.74. The summed E-state index contributed by atoms with van der Waals surface area (Å²) in [6.45, 7) is 0. The second-order valence-corrected chi connectivity index (χ2v) is 15.9. The SMILES string of the molecule is O=C([O][Sn]([CH2]c1ccccc1)([CH2]c1ccccc1)[O]C(=O)c1ccncc1)c1ccncc1. The molecule has 0 atom stereocenters. The first-order chi connectivity index (χ1) is 16.1. The first-order valence-electron chi connectivity index (χ1n) is 10.5. The van der Waals surface area contributed by atoms with Crippen LogP contribution in [0.3, 0.4) is 0 Å². The molecule has 2 aromatic heterocycles. The van der Waals surface area contributed by atoms with E-state index in [1.807, 2.05) is 60.7 Å². The molecule has 0 saturated carbocycles. The molecule has 33 heavy (non-hydrogen) atoms. The molecular weight excluding hydrogens is 523 g/mol. The molecule has 4 rings (SSSR count). The Kier molecular flexibility index (Phi) is 7.47. The van der Waals surface area contributed by atoms with E-state index in [-0.39, 0.29) is 0 Å². The molecule has 0 bridgehead atoms. The van der Waals surface area contributed by atoms with Crippen LogP contribution in [-0.2, 0) is 15.0 Å². The average molecular weight is 545 g/mol. The fourth-order valence-electron chi connectivity index (χ4n) is 3.47. The molecule has 164 valence electrons. The van der Waals surface area contributed by atoms with Crippen molar-refractivity contribution in [2.45, 2.75) is 8.87 Å². The van der Waals surface area contributed by atoms with E-state index in [0.717, 1.165) is 11.1 Å². The molecule has 2 heterocycles. The van der Waals surface area contributed by atoms with Crippen molar-refractivity contribution >= 4 is 31.1 Å². The van der Waals surface area contributed by atoms with Crippen molar-refractivity contribution in [3.63, 3.8) is 0 Å². The van der Waals surface area contributed by atoms with Crippen molar-refractivity contribution in [2.24, 2.45) is 0 Å². The molecule has 6 nitrogen and oxygen atoms in total. The molecule has 0 saturated heterocycles. The van der Waals surface area contributed by atoms with E-state index in [4.69, 9.17) is 6.15 Å². The molecule has 0 radical (unpaired) electrons. The second-order valence-electron chi connectivity index (χ2n) is 7.49. The van der Waals surface area contributed by atoms with E-state index in [9.17, 15) is 9.59 Å². The fraction of sp³-hybridized carbons (Fsp3) is 0.0769. The molecule has 0 spiro atoms. The van der Waals surface area contributed by atoms with Gasteiger partial charge in [0.15, 0.2) is 0 Å². The molecular formula is C26H22N2O4Sn. The Morgan fingerprint density at radius 3 is 1.30 bits per heavy atom. The van der Waals surface area contributed by atoms with Crippen LogP contribution in [0.1, 0.15) is 31.8 Å². The van der Waals surface area contributed by atoms with Crippen molar-refractivity contribution in [2.75, 3.05) is 0 Å². The Bertz CT molecular complexity index is 1090. The van der Waals surface area contributed by atoms with Gasteiger partial charge in [0.2, 0.25) is 0 Å². The summed E-state index contributed by atoms with van der Waals surface area (Å²) in [5, 5.41) is 0. The van der Waals surface area contributed by atoms with Gasteiger partial charge in [0.05, 0.1) is 0 Å². The van der Waals surface area contributed by atoms with Crippen LogP contribution in [0.4, 0.5) is 0 Å². The van der Waals surface area contributed by atoms with Gasteiger partial charge >= 0.3 is 198 Å². The van der Waals surface area contributed by atoms with Gasteiger partial charge in [0, 0.05) is 0 Å². The zero-order valence-electron chi connectivity index (χ0n) is 17.8. The van der Waals surface area contributed by atoms with Gasteiger partial charge in [-0.15, -0.1) is 0 Å². The normalized spacial score (nSPS) is 10.9. The number of benzene rings is 2. The van der Waals surface area contributed by atoms with Gasteiger partial charge < -0.3 is 0 Å². The van der Waals surface area contributed by atoms with Crippen LogP contribution in [-0.4, -0.2) is 41.1 Å². The van der Waals surface area contributed by atoms with Crippen molar-refractivity contribution in [1.29, 1.82) is 0 Å². The van der Waals surface area contributed by atoms with Gasteiger partial charge in [-0.25, -0.2) is 0 Å². The van der Waals surface area contributed by atoms with Gasteiger partial charge in [-0.3, -0.25) is 0 Å². The van der Waals surface area contributed by atoms with Crippen LogP contribution < -0.4 is 0 Å². The monoisotopic (exact) mass is 546 g/mol. The number of hydrogen-bond donors (Lipinski definition) is 0. The topological polar surface area (TPSA) is 78.4 Å². The van der Waals surface area contributed by atoms with E-state index in [1.165, 1.54) is 24.8 Å². The molecule has 0 aliphatic heterocycles. The van der Waals surface area contributed by atoms with E-state index >= 15 is 0 Å². The minimum absolute atomic E-state index is 0.368. The summed E-state index contributed by atoms with van der Waals surface area (Å²) in [5.41, 5.74) is 2.64. The first-order valence-corrected chi connectivity index (χ1v) is 16.8. The maximum atomic E-state index is 13.2. The molecule has 0 fully saturated rings. The number of rotatable bonds is 8. The van der Waals surface area contributed by atoms with Gasteiger partial charge in [0.25, 0.3) is 0 Å². The predicted molar refractivity (Wildman–Crippen MR) is 125 cm³/mol. The number of aromatic nitrogens is 2. The van der Waals surface area contributed by atoms with Gasteiger partial charge in [-0.1, -0.05) is 0 Å². The maximum absolute atomic E-state index is 13.2. The standard InChI is InChI=1S/2C7H7.2C6H5NO2.Sn/c2*1-7-5-3-2-4-6-7;2*8-6(9)5-1-3-7-4-2-5;/h2*2-6H,1H2;2*1-4H,(H,8,9);/q;;;;+2/p-2. The first kappa shape index (κ1) is 22.7. The quantitative estimate of drug-likeness (QED) is 0.304. The summed E-state index contributed by atoms with van der Waals surface area (Å²) in [4.78, 5) is 34.3. The summed E-state index contributed by atoms with van der Waals surface area (Å²) in [7, 11) is 0. The second kappa shape index (κ2) is 10.9.